The van der Waals surface area contributed by atoms with Crippen LogP contribution >= 0.6 is 0 Å². The van der Waals surface area contributed by atoms with Gasteiger partial charge in [0.25, 0.3) is 0 Å². The van der Waals surface area contributed by atoms with Gasteiger partial charge in [0.2, 0.25) is 0 Å². The summed E-state index contributed by atoms with van der Waals surface area (Å²) in [7, 11) is 0. The monoisotopic (exact) mass is 235 g/mol. The van der Waals surface area contributed by atoms with Crippen molar-refractivity contribution in [2.45, 2.75) is 6.92 Å². The molecule has 92 valence electrons. The Labute approximate surface area is 101 Å². The van der Waals surface area contributed by atoms with E-state index in [9.17, 15) is 0 Å². The Morgan fingerprint density at radius 1 is 1.41 bits per heavy atom. The van der Waals surface area contributed by atoms with Gasteiger partial charge in [-0.2, -0.15) is 0 Å². The Kier molecular flexibility index (Phi) is 3.95. The Hall–Kier alpha value is -1.59. The van der Waals surface area contributed by atoms with Gasteiger partial charge in [0.05, 0.1) is 18.9 Å². The summed E-state index contributed by atoms with van der Waals surface area (Å²) in [6.45, 7) is 5.44. The number of benzene rings is 1. The smallest absolute Gasteiger partial charge is 0.113 e. The number of aryl methyl sites for hydroxylation is 1. The van der Waals surface area contributed by atoms with Crippen molar-refractivity contribution < 1.29 is 9.94 Å². The molecular weight excluding hydrogens is 218 g/mol. The number of ether oxygens (including phenoxy) is 1. The maximum absolute atomic E-state index is 8.46. The molecular formula is C12H17N3O2. The molecule has 0 amide bonds. The third-order valence-electron chi connectivity index (χ3n) is 2.82. The number of rotatable bonds is 3. The summed E-state index contributed by atoms with van der Waals surface area (Å²) in [5, 5.41) is 8.46. The molecule has 1 aliphatic rings. The van der Waals surface area contributed by atoms with Crippen molar-refractivity contribution in [3.8, 4) is 0 Å². The minimum absolute atomic E-state index is 0.785. The van der Waals surface area contributed by atoms with Gasteiger partial charge in [-0.25, -0.2) is 4.99 Å². The van der Waals surface area contributed by atoms with Crippen molar-refractivity contribution in [1.29, 1.82) is 0 Å². The maximum Gasteiger partial charge on any atom is 0.113 e. The third-order valence-corrected chi connectivity index (χ3v) is 2.82. The normalized spacial score (nSPS) is 16.5. The largest absolute Gasteiger partial charge is 0.378 e. The molecule has 1 fully saturated rings. The number of anilines is 1. The number of hydrogen-bond acceptors (Lipinski definition) is 4. The maximum atomic E-state index is 8.46. The zero-order valence-corrected chi connectivity index (χ0v) is 9.89. The quantitative estimate of drug-likeness (QED) is 0.473. The molecule has 17 heavy (non-hydrogen) atoms. The van der Waals surface area contributed by atoms with E-state index in [2.05, 4.69) is 16.0 Å². The highest BCUT2D eigenvalue weighted by Gasteiger charge is 2.11. The molecule has 0 unspecified atom stereocenters. The molecule has 0 spiro atoms. The van der Waals surface area contributed by atoms with Crippen LogP contribution in [0, 0.1) is 6.92 Å². The zero-order valence-electron chi connectivity index (χ0n) is 9.89. The minimum atomic E-state index is 0.785. The molecule has 2 N–H and O–H groups in total. The minimum Gasteiger partial charge on any atom is -0.378 e. The summed E-state index contributed by atoms with van der Waals surface area (Å²) in [5.41, 5.74) is 5.03. The van der Waals surface area contributed by atoms with E-state index in [0.717, 1.165) is 37.6 Å². The average Bonchev–Trinajstić information content (AvgIpc) is 2.38. The predicted molar refractivity (Wildman–Crippen MR) is 67.3 cm³/mol. The first-order valence-corrected chi connectivity index (χ1v) is 5.67. The van der Waals surface area contributed by atoms with Gasteiger partial charge in [0.1, 0.15) is 6.34 Å². The van der Waals surface area contributed by atoms with Crippen LogP contribution in [0.5, 0.6) is 0 Å². The average molecular weight is 235 g/mol. The second-order valence-electron chi connectivity index (χ2n) is 3.96. The van der Waals surface area contributed by atoms with E-state index in [1.165, 1.54) is 12.0 Å². The summed E-state index contributed by atoms with van der Waals surface area (Å²) >= 11 is 0. The van der Waals surface area contributed by atoms with E-state index < -0.39 is 0 Å². The molecule has 2 rings (SSSR count). The van der Waals surface area contributed by atoms with Gasteiger partial charge in [-0.15, -0.1) is 0 Å². The molecule has 1 aromatic rings. The summed E-state index contributed by atoms with van der Waals surface area (Å²) in [4.78, 5) is 6.38. The fourth-order valence-electron chi connectivity index (χ4n) is 1.90. The first-order valence-electron chi connectivity index (χ1n) is 5.67. The van der Waals surface area contributed by atoms with Gasteiger partial charge in [-0.3, -0.25) is 10.7 Å². The number of hydroxylamine groups is 1. The second kappa shape index (κ2) is 5.65. The lowest BCUT2D eigenvalue weighted by atomic mass is 10.1. The van der Waals surface area contributed by atoms with Gasteiger partial charge in [0, 0.05) is 18.8 Å². The van der Waals surface area contributed by atoms with Crippen LogP contribution in [0.3, 0.4) is 0 Å². The number of nitrogens with one attached hydrogen (secondary N) is 1. The molecule has 0 aromatic heterocycles. The van der Waals surface area contributed by atoms with Crippen LogP contribution in [-0.4, -0.2) is 37.8 Å². The molecule has 1 aliphatic heterocycles. The van der Waals surface area contributed by atoms with Crippen LogP contribution in [-0.2, 0) is 4.74 Å². The van der Waals surface area contributed by atoms with Gasteiger partial charge in [-0.1, -0.05) is 0 Å². The van der Waals surface area contributed by atoms with E-state index in [-0.39, 0.29) is 0 Å². The Morgan fingerprint density at radius 2 is 2.18 bits per heavy atom. The highest BCUT2D eigenvalue weighted by molar-refractivity contribution is 5.64. The lowest BCUT2D eigenvalue weighted by Gasteiger charge is -2.29. The van der Waals surface area contributed by atoms with Crippen LogP contribution < -0.4 is 10.4 Å². The van der Waals surface area contributed by atoms with E-state index >= 15 is 0 Å². The molecule has 5 nitrogen and oxygen atoms in total. The van der Waals surface area contributed by atoms with Crippen LogP contribution in [0.1, 0.15) is 5.56 Å². The number of morpholine rings is 1. The van der Waals surface area contributed by atoms with Gasteiger partial charge < -0.3 is 9.64 Å². The summed E-state index contributed by atoms with van der Waals surface area (Å²) in [5.74, 6) is 0. The Morgan fingerprint density at radius 3 is 2.82 bits per heavy atom. The lowest BCUT2D eigenvalue weighted by Crippen LogP contribution is -2.36. The summed E-state index contributed by atoms with van der Waals surface area (Å²) < 4.78 is 5.33. The Bertz CT molecular complexity index is 401. The molecule has 5 heteroatoms. The predicted octanol–water partition coefficient (Wildman–Crippen LogP) is 1.47. The molecule has 0 radical (unpaired) electrons. The number of aliphatic imine (C=N–C) groups is 1. The first kappa shape index (κ1) is 11.9. The standard InChI is InChI=1S/C12H17N3O2/c1-10-8-11(15-4-6-17-7-5-15)2-3-12(10)13-9-14-16/h2-3,8-9,16H,4-7H2,1H3,(H,13,14). The lowest BCUT2D eigenvalue weighted by molar-refractivity contribution is 0.122. The van der Waals surface area contributed by atoms with Crippen molar-refractivity contribution in [2.24, 2.45) is 4.99 Å². The molecule has 0 saturated carbocycles. The highest BCUT2D eigenvalue weighted by atomic mass is 16.5. The summed E-state index contributed by atoms with van der Waals surface area (Å²) in [6, 6.07) is 6.10. The molecule has 1 heterocycles. The van der Waals surface area contributed by atoms with Crippen molar-refractivity contribution in [2.75, 3.05) is 31.2 Å². The van der Waals surface area contributed by atoms with Crippen molar-refractivity contribution in [3.05, 3.63) is 23.8 Å². The van der Waals surface area contributed by atoms with Crippen molar-refractivity contribution >= 4 is 17.7 Å². The Balaban J connectivity index is 2.14. The number of nitrogens with zero attached hydrogens (tertiary/aromatic N) is 2. The van der Waals surface area contributed by atoms with Gasteiger partial charge in [-0.05, 0) is 30.7 Å². The third kappa shape index (κ3) is 2.95. The fraction of sp³-hybridized carbons (Fsp3) is 0.417. The molecule has 0 aliphatic carbocycles. The SMILES string of the molecule is Cc1cc(N2CCOCC2)ccc1N=CNO. The van der Waals surface area contributed by atoms with E-state index in [0.29, 0.717) is 0 Å². The van der Waals surface area contributed by atoms with Gasteiger partial charge >= 0.3 is 0 Å². The molecule has 1 aromatic carbocycles. The fourth-order valence-corrected chi connectivity index (χ4v) is 1.90. The van der Waals surface area contributed by atoms with Crippen LogP contribution in [0.25, 0.3) is 0 Å². The van der Waals surface area contributed by atoms with Crippen molar-refractivity contribution in [3.63, 3.8) is 0 Å². The molecule has 1 saturated heterocycles. The van der Waals surface area contributed by atoms with Gasteiger partial charge in [0.15, 0.2) is 0 Å². The number of hydrogen-bond donors (Lipinski definition) is 2. The van der Waals surface area contributed by atoms with E-state index in [4.69, 9.17) is 9.94 Å². The zero-order chi connectivity index (χ0) is 12.1. The highest BCUT2D eigenvalue weighted by Crippen LogP contribution is 2.24. The van der Waals surface area contributed by atoms with Crippen LogP contribution in [0.2, 0.25) is 0 Å². The van der Waals surface area contributed by atoms with Crippen LogP contribution in [0.4, 0.5) is 11.4 Å². The van der Waals surface area contributed by atoms with Crippen molar-refractivity contribution in [1.82, 2.24) is 5.48 Å². The molecule has 0 bridgehead atoms. The van der Waals surface area contributed by atoms with E-state index in [1.54, 1.807) is 0 Å². The van der Waals surface area contributed by atoms with E-state index in [1.807, 2.05) is 24.5 Å². The van der Waals surface area contributed by atoms with Crippen LogP contribution in [0.15, 0.2) is 23.2 Å². The topological polar surface area (TPSA) is 57.1 Å². The molecule has 0 atom stereocenters. The second-order valence-corrected chi connectivity index (χ2v) is 3.96. The summed E-state index contributed by atoms with van der Waals surface area (Å²) in [6.07, 6.45) is 1.26. The first-order chi connectivity index (χ1) is 8.31.